The summed E-state index contributed by atoms with van der Waals surface area (Å²) in [4.78, 5) is 15.0. The largest absolute Gasteiger partial charge is 0.481 e. The summed E-state index contributed by atoms with van der Waals surface area (Å²) in [6, 6.07) is 0. The molecule has 1 aromatic rings. The molecule has 0 saturated heterocycles. The van der Waals surface area contributed by atoms with Crippen molar-refractivity contribution < 1.29 is 9.90 Å². The van der Waals surface area contributed by atoms with E-state index in [0.29, 0.717) is 12.8 Å². The zero-order valence-corrected chi connectivity index (χ0v) is 8.60. The molecule has 0 saturated carbocycles. The highest BCUT2D eigenvalue weighted by Gasteiger charge is 2.17. The molecule has 0 aliphatic carbocycles. The topological polar surface area (TPSA) is 55.1 Å². The number of aromatic nitrogens is 2. The van der Waals surface area contributed by atoms with Crippen molar-refractivity contribution in [2.75, 3.05) is 0 Å². The van der Waals surface area contributed by atoms with Gasteiger partial charge in [0.25, 0.3) is 0 Å². The molecular formula is C10H16N2O2. The number of carboxylic acid groups (broad SMARTS) is 1. The molecule has 1 rings (SSSR count). The maximum Gasteiger partial charge on any atom is 0.306 e. The van der Waals surface area contributed by atoms with Crippen LogP contribution in [0.4, 0.5) is 0 Å². The number of carboxylic acids is 1. The first-order chi connectivity index (χ1) is 6.63. The van der Waals surface area contributed by atoms with Gasteiger partial charge >= 0.3 is 5.97 Å². The van der Waals surface area contributed by atoms with Gasteiger partial charge in [-0.15, -0.1) is 0 Å². The first kappa shape index (κ1) is 10.8. The van der Waals surface area contributed by atoms with Crippen molar-refractivity contribution in [3.63, 3.8) is 0 Å². The third-order valence-electron chi connectivity index (χ3n) is 2.20. The number of aryl methyl sites for hydroxylation is 1. The summed E-state index contributed by atoms with van der Waals surface area (Å²) in [5.41, 5.74) is 0.855. The van der Waals surface area contributed by atoms with E-state index in [2.05, 4.69) is 4.98 Å². The fourth-order valence-corrected chi connectivity index (χ4v) is 1.49. The molecule has 0 aromatic carbocycles. The van der Waals surface area contributed by atoms with Gasteiger partial charge in [-0.05, 0) is 6.42 Å². The van der Waals surface area contributed by atoms with Gasteiger partial charge in [-0.25, -0.2) is 4.98 Å². The zero-order valence-electron chi connectivity index (χ0n) is 8.60. The van der Waals surface area contributed by atoms with Crippen molar-refractivity contribution >= 4 is 5.97 Å². The summed E-state index contributed by atoms with van der Waals surface area (Å²) in [6.07, 6.45) is 5.70. The third kappa shape index (κ3) is 2.87. The highest BCUT2D eigenvalue weighted by molar-refractivity contribution is 5.70. The lowest BCUT2D eigenvalue weighted by molar-refractivity contribution is -0.141. The summed E-state index contributed by atoms with van der Waals surface area (Å²) >= 11 is 0. The summed E-state index contributed by atoms with van der Waals surface area (Å²) < 4.78 is 1.83. The van der Waals surface area contributed by atoms with Crippen molar-refractivity contribution in [3.8, 4) is 0 Å². The summed E-state index contributed by atoms with van der Waals surface area (Å²) in [6.45, 7) is 1.99. The van der Waals surface area contributed by atoms with Crippen LogP contribution < -0.4 is 0 Å². The number of imidazole rings is 1. The monoisotopic (exact) mass is 196 g/mol. The molecule has 0 aliphatic rings. The molecule has 0 spiro atoms. The molecule has 4 heteroatoms. The number of carbonyl (C=O) groups is 1. The molecule has 0 radical (unpaired) electrons. The van der Waals surface area contributed by atoms with Crippen LogP contribution >= 0.6 is 0 Å². The van der Waals surface area contributed by atoms with Crippen LogP contribution in [0.15, 0.2) is 12.5 Å². The van der Waals surface area contributed by atoms with Gasteiger partial charge in [0, 0.05) is 19.7 Å². The molecule has 1 N–H and O–H groups in total. The van der Waals surface area contributed by atoms with Crippen LogP contribution in [0.3, 0.4) is 0 Å². The van der Waals surface area contributed by atoms with Crippen molar-refractivity contribution in [2.24, 2.45) is 13.0 Å². The number of aliphatic carboxylic acids is 1. The molecule has 1 atom stereocenters. The lowest BCUT2D eigenvalue weighted by atomic mass is 9.99. The average Bonchev–Trinajstić information content (AvgIpc) is 2.50. The van der Waals surface area contributed by atoms with Crippen LogP contribution in [0.5, 0.6) is 0 Å². The van der Waals surface area contributed by atoms with Gasteiger partial charge in [-0.3, -0.25) is 4.79 Å². The van der Waals surface area contributed by atoms with Crippen molar-refractivity contribution in [3.05, 3.63) is 18.2 Å². The maximum atomic E-state index is 10.9. The molecule has 0 fully saturated rings. The number of hydrogen-bond acceptors (Lipinski definition) is 2. The minimum atomic E-state index is -0.725. The molecule has 14 heavy (non-hydrogen) atoms. The lowest BCUT2D eigenvalue weighted by Crippen LogP contribution is -2.16. The van der Waals surface area contributed by atoms with Crippen LogP contribution in [-0.2, 0) is 18.3 Å². The molecule has 0 amide bonds. The number of nitrogens with zero attached hydrogens (tertiary/aromatic N) is 2. The Labute approximate surface area is 83.6 Å². The normalized spacial score (nSPS) is 12.7. The molecular weight excluding hydrogens is 180 g/mol. The first-order valence-corrected chi connectivity index (χ1v) is 4.83. The Morgan fingerprint density at radius 3 is 2.86 bits per heavy atom. The van der Waals surface area contributed by atoms with E-state index in [1.54, 1.807) is 6.33 Å². The van der Waals surface area contributed by atoms with Gasteiger partial charge < -0.3 is 9.67 Å². The molecule has 4 nitrogen and oxygen atoms in total. The van der Waals surface area contributed by atoms with E-state index in [0.717, 1.165) is 12.1 Å². The standard InChI is InChI=1S/C10H16N2O2/c1-3-4-8(10(13)14)5-9-6-12(2)7-11-9/h6-8H,3-5H2,1-2H3,(H,13,14). The third-order valence-corrected chi connectivity index (χ3v) is 2.20. The second-order valence-electron chi connectivity index (χ2n) is 3.56. The van der Waals surface area contributed by atoms with Crippen molar-refractivity contribution in [1.29, 1.82) is 0 Å². The molecule has 1 heterocycles. The Morgan fingerprint density at radius 1 is 1.71 bits per heavy atom. The highest BCUT2D eigenvalue weighted by atomic mass is 16.4. The SMILES string of the molecule is CCCC(Cc1cn(C)cn1)C(=O)O. The Balaban J connectivity index is 2.59. The van der Waals surface area contributed by atoms with Gasteiger partial charge in [0.1, 0.15) is 0 Å². The van der Waals surface area contributed by atoms with Crippen LogP contribution in [0.1, 0.15) is 25.5 Å². The van der Waals surface area contributed by atoms with E-state index in [9.17, 15) is 4.79 Å². The molecule has 0 aliphatic heterocycles. The van der Waals surface area contributed by atoms with E-state index < -0.39 is 5.97 Å². The molecule has 0 bridgehead atoms. The fraction of sp³-hybridized carbons (Fsp3) is 0.600. The van der Waals surface area contributed by atoms with Gasteiger partial charge in [0.05, 0.1) is 17.9 Å². The zero-order chi connectivity index (χ0) is 10.6. The summed E-state index contributed by atoms with van der Waals surface area (Å²) in [7, 11) is 1.88. The van der Waals surface area contributed by atoms with E-state index in [1.807, 2.05) is 24.7 Å². The fourth-order valence-electron chi connectivity index (χ4n) is 1.49. The molecule has 78 valence electrons. The minimum Gasteiger partial charge on any atom is -0.481 e. The summed E-state index contributed by atoms with van der Waals surface area (Å²) in [5.74, 6) is -1.02. The second-order valence-corrected chi connectivity index (χ2v) is 3.56. The second kappa shape index (κ2) is 4.79. The maximum absolute atomic E-state index is 10.9. The van der Waals surface area contributed by atoms with E-state index in [-0.39, 0.29) is 5.92 Å². The van der Waals surface area contributed by atoms with E-state index in [4.69, 9.17) is 5.11 Å². The summed E-state index contributed by atoms with van der Waals surface area (Å²) in [5, 5.41) is 8.94. The van der Waals surface area contributed by atoms with Crippen molar-refractivity contribution in [1.82, 2.24) is 9.55 Å². The quantitative estimate of drug-likeness (QED) is 0.775. The van der Waals surface area contributed by atoms with Gasteiger partial charge in [0.15, 0.2) is 0 Å². The Morgan fingerprint density at radius 2 is 2.43 bits per heavy atom. The predicted octanol–water partition coefficient (Wildman–Crippen LogP) is 1.46. The number of hydrogen-bond donors (Lipinski definition) is 1. The van der Waals surface area contributed by atoms with Gasteiger partial charge in [-0.2, -0.15) is 0 Å². The molecule has 1 unspecified atom stereocenters. The number of rotatable bonds is 5. The Kier molecular flexibility index (Phi) is 3.68. The van der Waals surface area contributed by atoms with Crippen LogP contribution in [0.2, 0.25) is 0 Å². The average molecular weight is 196 g/mol. The van der Waals surface area contributed by atoms with Gasteiger partial charge in [-0.1, -0.05) is 13.3 Å². The van der Waals surface area contributed by atoms with E-state index in [1.165, 1.54) is 0 Å². The van der Waals surface area contributed by atoms with Crippen LogP contribution in [0, 0.1) is 5.92 Å². The minimum absolute atomic E-state index is 0.296. The Bertz CT molecular complexity index is 307. The molecule has 1 aromatic heterocycles. The van der Waals surface area contributed by atoms with Crippen LogP contribution in [0.25, 0.3) is 0 Å². The first-order valence-electron chi connectivity index (χ1n) is 4.83. The van der Waals surface area contributed by atoms with Crippen LogP contribution in [-0.4, -0.2) is 20.6 Å². The predicted molar refractivity (Wildman–Crippen MR) is 52.9 cm³/mol. The Hall–Kier alpha value is -1.32. The lowest BCUT2D eigenvalue weighted by Gasteiger charge is -2.08. The van der Waals surface area contributed by atoms with Crippen molar-refractivity contribution in [2.45, 2.75) is 26.2 Å². The van der Waals surface area contributed by atoms with Gasteiger partial charge in [0.2, 0.25) is 0 Å². The smallest absolute Gasteiger partial charge is 0.306 e. The highest BCUT2D eigenvalue weighted by Crippen LogP contribution is 2.12. The van der Waals surface area contributed by atoms with E-state index >= 15 is 0 Å².